The zero-order valence-electron chi connectivity index (χ0n) is 43.1. The molecular formula is C56H97O11P. The molecule has 0 rings (SSSR count). The minimum atomic E-state index is -4.75. The summed E-state index contributed by atoms with van der Waals surface area (Å²) in [6.07, 6.45) is 54.4. The van der Waals surface area contributed by atoms with Gasteiger partial charge in [-0.3, -0.25) is 23.4 Å². The number of rotatable bonds is 49. The summed E-state index contributed by atoms with van der Waals surface area (Å²) in [5.74, 6) is -1.53. The molecule has 11 nitrogen and oxygen atoms in total. The van der Waals surface area contributed by atoms with E-state index < -0.39 is 57.8 Å². The normalized spacial score (nSPS) is 14.0. The number of allylic oxidation sites excluding steroid dienone is 12. The molecule has 0 bridgehead atoms. The van der Waals surface area contributed by atoms with E-state index in [2.05, 4.69) is 93.7 Å². The molecule has 0 aromatic rings. The fraction of sp³-hybridized carbons (Fsp3) is 0.732. The number of phosphoric ester groups is 1. The average Bonchev–Trinajstić information content (AvgIpc) is 3.32. The van der Waals surface area contributed by atoms with Crippen LogP contribution in [-0.4, -0.2) is 66.5 Å². The Bertz CT molecular complexity index is 1420. The zero-order valence-corrected chi connectivity index (χ0v) is 43.9. The topological polar surface area (TPSA) is 155 Å². The number of carbonyl (C=O) groups excluding carboxylic acids is 3. The van der Waals surface area contributed by atoms with Gasteiger partial charge >= 0.3 is 25.7 Å². The Balaban J connectivity index is 4.80. The minimum absolute atomic E-state index is 0.141. The van der Waals surface area contributed by atoms with Gasteiger partial charge in [0.15, 0.2) is 6.10 Å². The maximum atomic E-state index is 12.9. The van der Waals surface area contributed by atoms with E-state index in [0.717, 1.165) is 109 Å². The molecule has 0 aromatic carbocycles. The third-order valence-corrected chi connectivity index (χ3v) is 12.0. The van der Waals surface area contributed by atoms with Crippen molar-refractivity contribution in [3.8, 4) is 0 Å². The van der Waals surface area contributed by atoms with Crippen molar-refractivity contribution >= 4 is 25.7 Å². The highest BCUT2D eigenvalue weighted by molar-refractivity contribution is 7.47. The van der Waals surface area contributed by atoms with Gasteiger partial charge in [-0.1, -0.05) is 196 Å². The van der Waals surface area contributed by atoms with Crippen molar-refractivity contribution in [2.24, 2.45) is 0 Å². The molecule has 12 heteroatoms. The van der Waals surface area contributed by atoms with Gasteiger partial charge in [-0.2, -0.15) is 0 Å². The SMILES string of the molecule is CC/C=C\C/C=C\C/C=C\C/C=C\CCCCC(=O)OCC(COP(=O)(O)OCC(CO)OC(=O)CCCCCCCCCCCCCCC)OC(=O)CCCCCCC/C=C\C/C=C\CCC. The third-order valence-electron chi connectivity index (χ3n) is 11.1. The van der Waals surface area contributed by atoms with Crippen molar-refractivity contribution in [2.45, 2.75) is 238 Å². The lowest BCUT2D eigenvalue weighted by atomic mass is 10.0. The zero-order chi connectivity index (χ0) is 49.9. The lowest BCUT2D eigenvalue weighted by Crippen LogP contribution is -2.30. The van der Waals surface area contributed by atoms with Crippen LogP contribution in [0.1, 0.15) is 226 Å². The maximum absolute atomic E-state index is 12.9. The van der Waals surface area contributed by atoms with Crippen LogP contribution in [0.5, 0.6) is 0 Å². The summed E-state index contributed by atoms with van der Waals surface area (Å²) in [5.41, 5.74) is 0. The first-order chi connectivity index (χ1) is 33.2. The molecule has 68 heavy (non-hydrogen) atoms. The first kappa shape index (κ1) is 64.9. The van der Waals surface area contributed by atoms with Crippen molar-refractivity contribution in [1.29, 1.82) is 0 Å². The van der Waals surface area contributed by atoms with E-state index in [1.165, 1.54) is 57.8 Å². The first-order valence-corrected chi connectivity index (χ1v) is 28.3. The average molecular weight is 977 g/mol. The molecule has 0 aliphatic carbocycles. The van der Waals surface area contributed by atoms with E-state index in [4.69, 9.17) is 23.3 Å². The summed E-state index contributed by atoms with van der Waals surface area (Å²) in [7, 11) is -4.75. The molecule has 0 aliphatic rings. The van der Waals surface area contributed by atoms with Gasteiger partial charge in [0.1, 0.15) is 12.7 Å². The number of phosphoric acid groups is 1. The van der Waals surface area contributed by atoms with Gasteiger partial charge in [0.05, 0.1) is 19.8 Å². The second-order valence-corrected chi connectivity index (χ2v) is 19.1. The fourth-order valence-electron chi connectivity index (χ4n) is 7.03. The van der Waals surface area contributed by atoms with E-state index in [9.17, 15) is 28.9 Å². The molecule has 0 amide bonds. The van der Waals surface area contributed by atoms with Gasteiger partial charge in [0.25, 0.3) is 0 Å². The van der Waals surface area contributed by atoms with E-state index in [0.29, 0.717) is 19.3 Å². The predicted octanol–water partition coefficient (Wildman–Crippen LogP) is 15.4. The molecule has 0 aromatic heterocycles. The number of ether oxygens (including phenoxy) is 3. The first-order valence-electron chi connectivity index (χ1n) is 26.8. The van der Waals surface area contributed by atoms with Gasteiger partial charge in [-0.05, 0) is 83.5 Å². The smallest absolute Gasteiger partial charge is 0.462 e. The summed E-state index contributed by atoms with van der Waals surface area (Å²) in [6, 6.07) is 0. The second kappa shape index (κ2) is 50.3. The van der Waals surface area contributed by atoms with Gasteiger partial charge < -0.3 is 24.2 Å². The number of hydrogen-bond acceptors (Lipinski definition) is 10. The van der Waals surface area contributed by atoms with E-state index >= 15 is 0 Å². The Morgan fingerprint density at radius 1 is 0.426 bits per heavy atom. The number of unbranched alkanes of at least 4 members (excludes halogenated alkanes) is 20. The summed E-state index contributed by atoms with van der Waals surface area (Å²) >= 11 is 0. The Kier molecular flexibility index (Phi) is 48.0. The van der Waals surface area contributed by atoms with Crippen LogP contribution in [0, 0.1) is 0 Å². The Labute approximate surface area is 414 Å². The Hall–Kier alpha value is -3.08. The monoisotopic (exact) mass is 977 g/mol. The standard InChI is InChI=1S/C56H97O11P/c1-4-7-10-13-16-19-22-25-26-29-30-33-36-39-42-45-54(58)63-49-53(67-56(60)47-44-41-38-35-32-28-24-21-18-15-12-9-6-3)51-65-68(61,62)64-50-52(48-57)66-55(59)46-43-40-37-34-31-27-23-20-17-14-11-8-5-2/h7,10,12,15-16,19,21,24-26,30,33,52-53,57H,4-6,8-9,11,13-14,17-18,20,22-23,27-29,31-32,34-51H2,1-3H3,(H,61,62)/b10-7-,15-12-,19-16-,24-21-,26-25-,33-30-. The molecule has 392 valence electrons. The van der Waals surface area contributed by atoms with E-state index in [-0.39, 0.29) is 25.9 Å². The minimum Gasteiger partial charge on any atom is -0.462 e. The van der Waals surface area contributed by atoms with Crippen molar-refractivity contribution in [3.05, 3.63) is 72.9 Å². The van der Waals surface area contributed by atoms with Crippen LogP contribution in [0.2, 0.25) is 0 Å². The molecule has 0 heterocycles. The van der Waals surface area contributed by atoms with Crippen LogP contribution in [0.3, 0.4) is 0 Å². The number of carbonyl (C=O) groups is 3. The van der Waals surface area contributed by atoms with Crippen molar-refractivity contribution < 1.29 is 52.2 Å². The van der Waals surface area contributed by atoms with Crippen LogP contribution in [0.25, 0.3) is 0 Å². The summed E-state index contributed by atoms with van der Waals surface area (Å²) < 4.78 is 39.3. The third kappa shape index (κ3) is 48.0. The highest BCUT2D eigenvalue weighted by Crippen LogP contribution is 2.43. The van der Waals surface area contributed by atoms with Crippen LogP contribution >= 0.6 is 7.82 Å². The van der Waals surface area contributed by atoms with E-state index in [1.807, 2.05) is 0 Å². The van der Waals surface area contributed by atoms with Crippen LogP contribution in [-0.2, 0) is 42.2 Å². The van der Waals surface area contributed by atoms with Gasteiger partial charge in [-0.25, -0.2) is 4.57 Å². The Morgan fingerprint density at radius 2 is 0.794 bits per heavy atom. The summed E-state index contributed by atoms with van der Waals surface area (Å²) in [6.45, 7) is 4.39. The van der Waals surface area contributed by atoms with Crippen LogP contribution in [0.15, 0.2) is 72.9 Å². The largest absolute Gasteiger partial charge is 0.472 e. The molecular weight excluding hydrogens is 880 g/mol. The maximum Gasteiger partial charge on any atom is 0.472 e. The molecule has 0 fully saturated rings. The Morgan fingerprint density at radius 3 is 1.26 bits per heavy atom. The van der Waals surface area contributed by atoms with Crippen molar-refractivity contribution in [2.75, 3.05) is 26.4 Å². The molecule has 0 saturated heterocycles. The van der Waals surface area contributed by atoms with Crippen LogP contribution < -0.4 is 0 Å². The molecule has 0 spiro atoms. The fourth-order valence-corrected chi connectivity index (χ4v) is 7.82. The number of aliphatic hydroxyl groups excluding tert-OH is 1. The van der Waals surface area contributed by atoms with Gasteiger partial charge in [0, 0.05) is 19.3 Å². The number of aliphatic hydroxyl groups is 1. The van der Waals surface area contributed by atoms with Crippen molar-refractivity contribution in [1.82, 2.24) is 0 Å². The summed E-state index contributed by atoms with van der Waals surface area (Å²) in [4.78, 5) is 48.3. The lowest BCUT2D eigenvalue weighted by Gasteiger charge is -2.21. The predicted molar refractivity (Wildman–Crippen MR) is 279 cm³/mol. The van der Waals surface area contributed by atoms with Gasteiger partial charge in [-0.15, -0.1) is 0 Å². The highest BCUT2D eigenvalue weighted by atomic mass is 31.2. The van der Waals surface area contributed by atoms with Gasteiger partial charge in [0.2, 0.25) is 0 Å². The molecule has 0 radical (unpaired) electrons. The molecule has 0 saturated carbocycles. The molecule has 3 atom stereocenters. The van der Waals surface area contributed by atoms with E-state index in [1.54, 1.807) is 0 Å². The van der Waals surface area contributed by atoms with Crippen LogP contribution in [0.4, 0.5) is 0 Å². The number of esters is 3. The molecule has 2 N–H and O–H groups in total. The quantitative estimate of drug-likeness (QED) is 0.0197. The summed E-state index contributed by atoms with van der Waals surface area (Å²) in [5, 5.41) is 9.78. The molecule has 3 unspecified atom stereocenters. The number of hydrogen-bond donors (Lipinski definition) is 2. The van der Waals surface area contributed by atoms with Crippen molar-refractivity contribution in [3.63, 3.8) is 0 Å². The lowest BCUT2D eigenvalue weighted by molar-refractivity contribution is -0.161. The molecule has 0 aliphatic heterocycles. The highest BCUT2D eigenvalue weighted by Gasteiger charge is 2.28. The second-order valence-electron chi connectivity index (χ2n) is 17.7.